The SMILES string of the molecule is CCOc1ccc(N2CCN(CC(=O)NCC(F)(F)F)C2=O)cc1. The van der Waals surface area contributed by atoms with Gasteiger partial charge in [0.2, 0.25) is 5.91 Å². The van der Waals surface area contributed by atoms with E-state index in [0.717, 1.165) is 0 Å². The maximum absolute atomic E-state index is 12.3. The Labute approximate surface area is 137 Å². The Morgan fingerprint density at radius 1 is 1.25 bits per heavy atom. The maximum atomic E-state index is 12.3. The van der Waals surface area contributed by atoms with Crippen LogP contribution < -0.4 is 15.0 Å². The molecule has 1 aromatic rings. The standard InChI is InChI=1S/C15H18F3N3O3/c1-2-24-12-5-3-11(4-6-12)21-8-7-20(14(21)23)9-13(22)19-10-15(16,17)18/h3-6H,2,7-10H2,1H3,(H,19,22). The molecule has 0 aliphatic carbocycles. The fourth-order valence-electron chi connectivity index (χ4n) is 2.29. The van der Waals surface area contributed by atoms with E-state index in [4.69, 9.17) is 4.74 Å². The summed E-state index contributed by atoms with van der Waals surface area (Å²) in [6.45, 7) is 1.21. The van der Waals surface area contributed by atoms with E-state index in [0.29, 0.717) is 24.6 Å². The molecular weight excluding hydrogens is 327 g/mol. The molecule has 6 nitrogen and oxygen atoms in total. The predicted octanol–water partition coefficient (Wildman–Crippen LogP) is 2.01. The molecule has 1 saturated heterocycles. The highest BCUT2D eigenvalue weighted by Crippen LogP contribution is 2.23. The number of anilines is 1. The zero-order valence-electron chi connectivity index (χ0n) is 13.1. The van der Waals surface area contributed by atoms with Gasteiger partial charge in [0.15, 0.2) is 0 Å². The maximum Gasteiger partial charge on any atom is 0.405 e. The Morgan fingerprint density at radius 3 is 2.50 bits per heavy atom. The molecule has 24 heavy (non-hydrogen) atoms. The van der Waals surface area contributed by atoms with Gasteiger partial charge >= 0.3 is 12.2 Å². The number of amides is 3. The van der Waals surface area contributed by atoms with Gasteiger partial charge in [-0.2, -0.15) is 13.2 Å². The minimum Gasteiger partial charge on any atom is -0.494 e. The van der Waals surface area contributed by atoms with Crippen molar-refractivity contribution in [3.63, 3.8) is 0 Å². The molecule has 3 amide bonds. The topological polar surface area (TPSA) is 61.9 Å². The molecule has 1 fully saturated rings. The molecule has 1 heterocycles. The second-order valence-corrected chi connectivity index (χ2v) is 5.17. The van der Waals surface area contributed by atoms with E-state index in [9.17, 15) is 22.8 Å². The van der Waals surface area contributed by atoms with Crippen LogP contribution in [0.2, 0.25) is 0 Å². The first kappa shape index (κ1) is 17.9. The first-order valence-corrected chi connectivity index (χ1v) is 7.43. The van der Waals surface area contributed by atoms with Crippen molar-refractivity contribution in [2.45, 2.75) is 13.1 Å². The number of benzene rings is 1. The zero-order chi connectivity index (χ0) is 17.7. The minimum absolute atomic E-state index is 0.269. The van der Waals surface area contributed by atoms with Crippen molar-refractivity contribution in [3.8, 4) is 5.75 Å². The monoisotopic (exact) mass is 345 g/mol. The molecule has 132 valence electrons. The minimum atomic E-state index is -4.47. The molecule has 0 bridgehead atoms. The summed E-state index contributed by atoms with van der Waals surface area (Å²) in [7, 11) is 0. The molecule has 0 unspecified atom stereocenters. The number of halogens is 3. The smallest absolute Gasteiger partial charge is 0.405 e. The molecule has 9 heteroatoms. The van der Waals surface area contributed by atoms with Crippen LogP contribution in [0.25, 0.3) is 0 Å². The fourth-order valence-corrected chi connectivity index (χ4v) is 2.29. The molecular formula is C15H18F3N3O3. The second-order valence-electron chi connectivity index (χ2n) is 5.17. The summed E-state index contributed by atoms with van der Waals surface area (Å²) in [6, 6.07) is 6.48. The number of urea groups is 1. The Morgan fingerprint density at radius 2 is 1.92 bits per heavy atom. The zero-order valence-corrected chi connectivity index (χ0v) is 13.1. The van der Waals surface area contributed by atoms with Crippen molar-refractivity contribution in [2.75, 3.05) is 37.7 Å². The molecule has 1 aliphatic heterocycles. The van der Waals surface area contributed by atoms with Gasteiger partial charge in [-0.05, 0) is 31.2 Å². The Kier molecular flexibility index (Phi) is 5.53. The number of nitrogens with zero attached hydrogens (tertiary/aromatic N) is 2. The summed E-state index contributed by atoms with van der Waals surface area (Å²) >= 11 is 0. The van der Waals surface area contributed by atoms with Crippen LogP contribution in [0.1, 0.15) is 6.92 Å². The summed E-state index contributed by atoms with van der Waals surface area (Å²) in [5, 5.41) is 1.75. The van der Waals surface area contributed by atoms with Crippen molar-refractivity contribution < 1.29 is 27.5 Å². The number of alkyl halides is 3. The number of nitrogens with one attached hydrogen (secondary N) is 1. The van der Waals surface area contributed by atoms with Crippen molar-refractivity contribution in [1.29, 1.82) is 0 Å². The highest BCUT2D eigenvalue weighted by molar-refractivity contribution is 5.96. The molecule has 0 saturated carbocycles. The van der Waals surface area contributed by atoms with Crippen LogP contribution >= 0.6 is 0 Å². The average Bonchev–Trinajstić information content (AvgIpc) is 2.87. The van der Waals surface area contributed by atoms with Crippen LogP contribution in [0, 0.1) is 0 Å². The van der Waals surface area contributed by atoms with Gasteiger partial charge in [-0.25, -0.2) is 4.79 Å². The average molecular weight is 345 g/mol. The van der Waals surface area contributed by atoms with Gasteiger partial charge in [-0.3, -0.25) is 9.69 Å². The van der Waals surface area contributed by atoms with Gasteiger partial charge in [-0.1, -0.05) is 0 Å². The van der Waals surface area contributed by atoms with E-state index in [1.54, 1.807) is 29.6 Å². The van der Waals surface area contributed by atoms with Crippen LogP contribution in [-0.2, 0) is 4.79 Å². The van der Waals surface area contributed by atoms with Crippen molar-refractivity contribution in [1.82, 2.24) is 10.2 Å². The first-order chi connectivity index (χ1) is 11.3. The molecule has 1 N–H and O–H groups in total. The van der Waals surface area contributed by atoms with E-state index in [1.807, 2.05) is 6.92 Å². The second kappa shape index (κ2) is 7.41. The van der Waals surface area contributed by atoms with Crippen LogP contribution in [0.4, 0.5) is 23.7 Å². The number of ether oxygens (including phenoxy) is 1. The lowest BCUT2D eigenvalue weighted by Gasteiger charge is -2.19. The highest BCUT2D eigenvalue weighted by Gasteiger charge is 2.32. The number of hydrogen-bond acceptors (Lipinski definition) is 3. The van der Waals surface area contributed by atoms with E-state index in [1.165, 1.54) is 9.80 Å². The number of rotatable bonds is 6. The largest absolute Gasteiger partial charge is 0.494 e. The normalized spacial score (nSPS) is 14.9. The molecule has 0 radical (unpaired) electrons. The van der Waals surface area contributed by atoms with Crippen molar-refractivity contribution >= 4 is 17.6 Å². The van der Waals surface area contributed by atoms with E-state index in [-0.39, 0.29) is 6.54 Å². The quantitative estimate of drug-likeness (QED) is 0.858. The van der Waals surface area contributed by atoms with Gasteiger partial charge in [0.05, 0.1) is 6.61 Å². The molecule has 1 aliphatic rings. The summed E-state index contributed by atoms with van der Waals surface area (Å²) in [5.41, 5.74) is 0.640. The van der Waals surface area contributed by atoms with Crippen LogP contribution in [0.15, 0.2) is 24.3 Å². The third-order valence-electron chi connectivity index (χ3n) is 3.37. The van der Waals surface area contributed by atoms with Crippen LogP contribution in [0.3, 0.4) is 0 Å². The van der Waals surface area contributed by atoms with Gasteiger partial charge < -0.3 is 15.0 Å². The molecule has 2 rings (SSSR count). The highest BCUT2D eigenvalue weighted by atomic mass is 19.4. The van der Waals surface area contributed by atoms with Gasteiger partial charge in [0.1, 0.15) is 18.8 Å². The lowest BCUT2D eigenvalue weighted by Crippen LogP contribution is -2.42. The Hall–Kier alpha value is -2.45. The molecule has 0 atom stereocenters. The number of hydrogen-bond donors (Lipinski definition) is 1. The summed E-state index contributed by atoms with van der Waals surface area (Å²) in [6.07, 6.45) is -4.47. The number of carbonyl (C=O) groups excluding carboxylic acids is 2. The predicted molar refractivity (Wildman–Crippen MR) is 81.0 cm³/mol. The summed E-state index contributed by atoms with van der Waals surface area (Å²) in [5.74, 6) is -0.162. The first-order valence-electron chi connectivity index (χ1n) is 7.43. The third kappa shape index (κ3) is 4.77. The van der Waals surface area contributed by atoms with Gasteiger partial charge in [0, 0.05) is 18.8 Å². The van der Waals surface area contributed by atoms with Gasteiger partial charge in [-0.15, -0.1) is 0 Å². The van der Waals surface area contributed by atoms with Crippen LogP contribution in [0.5, 0.6) is 5.75 Å². The van der Waals surface area contributed by atoms with Gasteiger partial charge in [0.25, 0.3) is 0 Å². The lowest BCUT2D eigenvalue weighted by molar-refractivity contribution is -0.138. The Balaban J connectivity index is 1.91. The summed E-state index contributed by atoms with van der Waals surface area (Å²) in [4.78, 5) is 26.5. The number of carbonyl (C=O) groups is 2. The van der Waals surface area contributed by atoms with Crippen LogP contribution in [-0.4, -0.2) is 55.8 Å². The van der Waals surface area contributed by atoms with E-state index < -0.39 is 31.2 Å². The lowest BCUT2D eigenvalue weighted by atomic mass is 10.3. The third-order valence-corrected chi connectivity index (χ3v) is 3.37. The molecule has 1 aromatic carbocycles. The molecule has 0 spiro atoms. The van der Waals surface area contributed by atoms with Crippen molar-refractivity contribution in [2.24, 2.45) is 0 Å². The Bertz CT molecular complexity index is 590. The van der Waals surface area contributed by atoms with E-state index >= 15 is 0 Å². The summed E-state index contributed by atoms with van der Waals surface area (Å²) < 4.78 is 41.5. The molecule has 0 aromatic heterocycles. The van der Waals surface area contributed by atoms with E-state index in [2.05, 4.69) is 0 Å². The van der Waals surface area contributed by atoms with Crippen molar-refractivity contribution in [3.05, 3.63) is 24.3 Å². The fraction of sp³-hybridized carbons (Fsp3) is 0.467.